The topological polar surface area (TPSA) is 66.1 Å². The zero-order valence-corrected chi connectivity index (χ0v) is 10.9. The van der Waals surface area contributed by atoms with Crippen molar-refractivity contribution >= 4 is 0 Å². The molecule has 0 saturated heterocycles. The van der Waals surface area contributed by atoms with Crippen molar-refractivity contribution in [1.29, 1.82) is 5.26 Å². The summed E-state index contributed by atoms with van der Waals surface area (Å²) < 4.78 is 19.1. The normalized spacial score (nSPS) is 11.7. The van der Waals surface area contributed by atoms with E-state index in [4.69, 9.17) is 10.00 Å². The number of aromatic nitrogens is 1. The molecule has 0 radical (unpaired) electrons. The Balaban J connectivity index is 2.12. The third kappa shape index (κ3) is 3.11. The smallest absolute Gasteiger partial charge is 0.147 e. The summed E-state index contributed by atoms with van der Waals surface area (Å²) >= 11 is 0. The van der Waals surface area contributed by atoms with Gasteiger partial charge in [0.2, 0.25) is 0 Å². The van der Waals surface area contributed by atoms with Crippen LogP contribution in [0.5, 0.6) is 5.75 Å². The molecule has 0 aliphatic heterocycles. The van der Waals surface area contributed by atoms with Crippen LogP contribution in [0.15, 0.2) is 36.5 Å². The van der Waals surface area contributed by atoms with Gasteiger partial charge in [-0.2, -0.15) is 5.26 Å². The lowest BCUT2D eigenvalue weighted by molar-refractivity contribution is 0.194. The maximum atomic E-state index is 13.7. The minimum absolute atomic E-state index is 0.129. The van der Waals surface area contributed by atoms with Crippen molar-refractivity contribution in [2.45, 2.75) is 19.6 Å². The number of aliphatic hydroxyl groups is 1. The number of hydrogen-bond donors (Lipinski definition) is 1. The van der Waals surface area contributed by atoms with Crippen LogP contribution in [0.1, 0.15) is 29.8 Å². The Kier molecular flexibility index (Phi) is 4.28. The summed E-state index contributed by atoms with van der Waals surface area (Å²) in [5, 5.41) is 18.2. The molecule has 1 atom stereocenters. The highest BCUT2D eigenvalue weighted by molar-refractivity contribution is 5.32. The number of nitrogens with zero attached hydrogens (tertiary/aromatic N) is 2. The van der Waals surface area contributed by atoms with Gasteiger partial charge < -0.3 is 9.84 Å². The lowest BCUT2D eigenvalue weighted by Gasteiger charge is -2.10. The van der Waals surface area contributed by atoms with Crippen molar-refractivity contribution in [2.75, 3.05) is 0 Å². The van der Waals surface area contributed by atoms with Gasteiger partial charge in [-0.3, -0.25) is 0 Å². The molecule has 102 valence electrons. The van der Waals surface area contributed by atoms with Gasteiger partial charge in [-0.05, 0) is 25.1 Å². The van der Waals surface area contributed by atoms with E-state index in [0.717, 1.165) is 0 Å². The Morgan fingerprint density at radius 1 is 1.45 bits per heavy atom. The molecule has 1 N–H and O–H groups in total. The lowest BCUT2D eigenvalue weighted by atomic mass is 10.1. The van der Waals surface area contributed by atoms with E-state index in [0.29, 0.717) is 11.3 Å². The van der Waals surface area contributed by atoms with Gasteiger partial charge >= 0.3 is 0 Å². The monoisotopic (exact) mass is 272 g/mol. The molecule has 2 aromatic rings. The van der Waals surface area contributed by atoms with Crippen molar-refractivity contribution in [1.82, 2.24) is 4.98 Å². The Morgan fingerprint density at radius 2 is 2.25 bits per heavy atom. The number of nitriles is 1. The zero-order valence-electron chi connectivity index (χ0n) is 10.9. The Bertz CT molecular complexity index is 651. The van der Waals surface area contributed by atoms with Crippen LogP contribution in [0.4, 0.5) is 4.39 Å². The third-order valence-corrected chi connectivity index (χ3v) is 2.81. The van der Waals surface area contributed by atoms with Crippen LogP contribution in [-0.2, 0) is 6.61 Å². The average Bonchev–Trinajstić information content (AvgIpc) is 2.45. The van der Waals surface area contributed by atoms with Gasteiger partial charge in [-0.1, -0.05) is 6.07 Å². The van der Waals surface area contributed by atoms with Gasteiger partial charge in [0.25, 0.3) is 0 Å². The first kappa shape index (κ1) is 14.0. The van der Waals surface area contributed by atoms with E-state index in [1.54, 1.807) is 18.2 Å². The molecule has 0 aliphatic carbocycles. The molecule has 5 heteroatoms. The molecular weight excluding hydrogens is 259 g/mol. The maximum absolute atomic E-state index is 13.7. The second kappa shape index (κ2) is 6.13. The second-order valence-corrected chi connectivity index (χ2v) is 4.27. The fraction of sp³-hybridized carbons (Fsp3) is 0.200. The number of pyridine rings is 1. The SMILES string of the molecule is C[C@H](O)c1ccc(OCc2cccnc2C#N)cc1F. The highest BCUT2D eigenvalue weighted by Crippen LogP contribution is 2.22. The second-order valence-electron chi connectivity index (χ2n) is 4.27. The molecule has 4 nitrogen and oxygen atoms in total. The number of benzene rings is 1. The Hall–Kier alpha value is -2.45. The summed E-state index contributed by atoms with van der Waals surface area (Å²) in [4.78, 5) is 3.92. The molecule has 0 aliphatic rings. The zero-order chi connectivity index (χ0) is 14.5. The number of rotatable bonds is 4. The first-order valence-corrected chi connectivity index (χ1v) is 6.06. The molecular formula is C15H13FN2O2. The van der Waals surface area contributed by atoms with E-state index in [-0.39, 0.29) is 17.9 Å². The lowest BCUT2D eigenvalue weighted by Crippen LogP contribution is -2.01. The van der Waals surface area contributed by atoms with Crippen molar-refractivity contribution in [3.05, 3.63) is 59.2 Å². The van der Waals surface area contributed by atoms with Crippen molar-refractivity contribution in [3.8, 4) is 11.8 Å². The van der Waals surface area contributed by atoms with Crippen LogP contribution in [0.3, 0.4) is 0 Å². The van der Waals surface area contributed by atoms with Crippen molar-refractivity contribution < 1.29 is 14.2 Å². The van der Waals surface area contributed by atoms with E-state index in [9.17, 15) is 9.50 Å². The molecule has 1 aromatic heterocycles. The summed E-state index contributed by atoms with van der Waals surface area (Å²) in [5.41, 5.74) is 1.14. The highest BCUT2D eigenvalue weighted by Gasteiger charge is 2.10. The van der Waals surface area contributed by atoms with Crippen LogP contribution in [0.2, 0.25) is 0 Å². The molecule has 2 rings (SSSR count). The highest BCUT2D eigenvalue weighted by atomic mass is 19.1. The molecule has 0 bridgehead atoms. The fourth-order valence-corrected chi connectivity index (χ4v) is 1.75. The first-order chi connectivity index (χ1) is 9.61. The summed E-state index contributed by atoms with van der Waals surface area (Å²) in [7, 11) is 0. The maximum Gasteiger partial charge on any atom is 0.147 e. The summed E-state index contributed by atoms with van der Waals surface area (Å²) in [6, 6.07) is 9.67. The molecule has 1 heterocycles. The molecule has 0 spiro atoms. The molecule has 0 fully saturated rings. The van der Waals surface area contributed by atoms with Gasteiger partial charge in [0.15, 0.2) is 0 Å². The van der Waals surface area contributed by atoms with Crippen LogP contribution < -0.4 is 4.74 Å². The quantitative estimate of drug-likeness (QED) is 0.929. The summed E-state index contributed by atoms with van der Waals surface area (Å²) in [6.07, 6.45) is 0.659. The summed E-state index contributed by atoms with van der Waals surface area (Å²) in [6.45, 7) is 1.62. The molecule has 0 saturated carbocycles. The Morgan fingerprint density at radius 3 is 2.90 bits per heavy atom. The summed E-state index contributed by atoms with van der Waals surface area (Å²) in [5.74, 6) is -0.191. The molecule has 1 aromatic carbocycles. The predicted molar refractivity (Wildman–Crippen MR) is 70.3 cm³/mol. The van der Waals surface area contributed by atoms with Crippen LogP contribution in [-0.4, -0.2) is 10.1 Å². The number of ether oxygens (including phenoxy) is 1. The van der Waals surface area contributed by atoms with Crippen molar-refractivity contribution in [2.24, 2.45) is 0 Å². The largest absolute Gasteiger partial charge is 0.489 e. The van der Waals surface area contributed by atoms with E-state index in [2.05, 4.69) is 4.98 Å². The Labute approximate surface area is 116 Å². The first-order valence-electron chi connectivity index (χ1n) is 6.06. The molecule has 20 heavy (non-hydrogen) atoms. The molecule has 0 amide bonds. The van der Waals surface area contributed by atoms with E-state index >= 15 is 0 Å². The number of hydrogen-bond acceptors (Lipinski definition) is 4. The van der Waals surface area contributed by atoms with Gasteiger partial charge in [0.1, 0.15) is 29.9 Å². The van der Waals surface area contributed by atoms with Crippen molar-refractivity contribution in [3.63, 3.8) is 0 Å². The predicted octanol–water partition coefficient (Wildman–Crippen LogP) is 2.72. The number of aliphatic hydroxyl groups excluding tert-OH is 1. The third-order valence-electron chi connectivity index (χ3n) is 2.81. The van der Waals surface area contributed by atoms with E-state index < -0.39 is 11.9 Å². The minimum atomic E-state index is -0.868. The van der Waals surface area contributed by atoms with Crippen LogP contribution >= 0.6 is 0 Å². The van der Waals surface area contributed by atoms with Gasteiger partial charge in [-0.25, -0.2) is 9.37 Å². The van der Waals surface area contributed by atoms with E-state index in [1.165, 1.54) is 25.3 Å². The molecule has 0 unspecified atom stereocenters. The van der Waals surface area contributed by atoms with Crippen LogP contribution in [0.25, 0.3) is 0 Å². The fourth-order valence-electron chi connectivity index (χ4n) is 1.75. The standard InChI is InChI=1S/C15H13FN2O2/c1-10(19)13-5-4-12(7-14(13)16)20-9-11-3-2-6-18-15(11)8-17/h2-7,10,19H,9H2,1H3/t10-/m0/s1. The van der Waals surface area contributed by atoms with Gasteiger partial charge in [0.05, 0.1) is 6.10 Å². The van der Waals surface area contributed by atoms with Gasteiger partial charge in [0, 0.05) is 23.4 Å². The average molecular weight is 272 g/mol. The minimum Gasteiger partial charge on any atom is -0.489 e. The number of halogens is 1. The van der Waals surface area contributed by atoms with E-state index in [1.807, 2.05) is 6.07 Å². The van der Waals surface area contributed by atoms with Gasteiger partial charge in [-0.15, -0.1) is 0 Å². The van der Waals surface area contributed by atoms with Crippen LogP contribution in [0, 0.1) is 17.1 Å².